The first kappa shape index (κ1) is 21.5. The van der Waals surface area contributed by atoms with Crippen LogP contribution in [0.25, 0.3) is 11.0 Å². The van der Waals surface area contributed by atoms with Gasteiger partial charge in [-0.25, -0.2) is 14.4 Å². The summed E-state index contributed by atoms with van der Waals surface area (Å²) in [6.45, 7) is 1.55. The Morgan fingerprint density at radius 2 is 2.00 bits per heavy atom. The smallest absolute Gasteiger partial charge is 0.146 e. The molecular weight excluding hydrogens is 489 g/mol. The molecule has 2 heterocycles. The van der Waals surface area contributed by atoms with E-state index in [2.05, 4.69) is 43.3 Å². The minimum absolute atomic E-state index is 0.173. The molecule has 4 saturated carbocycles. The Morgan fingerprint density at radius 3 is 2.76 bits per heavy atom. The Hall–Kier alpha value is -2.07. The van der Waals surface area contributed by atoms with Crippen LogP contribution < -0.4 is 11.1 Å². The van der Waals surface area contributed by atoms with Crippen LogP contribution in [0, 0.1) is 5.41 Å². The van der Waals surface area contributed by atoms with Crippen molar-refractivity contribution in [3.8, 4) is 0 Å². The molecule has 7 nitrogen and oxygen atoms in total. The Kier molecular flexibility index (Phi) is 4.85. The zero-order valence-electron chi connectivity index (χ0n) is 18.1. The number of nitrogens with two attached hydrogens (primary N) is 1. The van der Waals surface area contributed by atoms with Gasteiger partial charge in [0.15, 0.2) is 0 Å². The second kappa shape index (κ2) is 7.46. The third-order valence-corrected chi connectivity index (χ3v) is 8.49. The molecule has 2 bridgehead atoms. The van der Waals surface area contributed by atoms with E-state index in [4.69, 9.17) is 5.73 Å². The maximum Gasteiger partial charge on any atom is 0.146 e. The van der Waals surface area contributed by atoms with Crippen molar-refractivity contribution >= 4 is 32.8 Å². The van der Waals surface area contributed by atoms with Gasteiger partial charge in [0.2, 0.25) is 0 Å². The summed E-state index contributed by atoms with van der Waals surface area (Å²) in [6.07, 6.45) is 4.09. The maximum absolute atomic E-state index is 13.7. The second-order valence-electron chi connectivity index (χ2n) is 10.3. The van der Waals surface area contributed by atoms with E-state index in [1.165, 1.54) is 6.33 Å². The minimum atomic E-state index is -0.937. The monoisotopic (exact) mass is 515 g/mol. The van der Waals surface area contributed by atoms with Crippen LogP contribution in [0.15, 0.2) is 41.3 Å². The number of nitrogens with zero attached hydrogens (tertiary/aromatic N) is 3. The van der Waals surface area contributed by atoms with Crippen LogP contribution in [0.3, 0.4) is 0 Å². The Labute approximate surface area is 199 Å². The lowest BCUT2D eigenvalue weighted by Gasteiger charge is -2.66. The van der Waals surface area contributed by atoms with Gasteiger partial charge in [0, 0.05) is 29.7 Å². The first-order valence-corrected chi connectivity index (χ1v) is 12.2. The Bertz CT molecular complexity index is 1210. The highest BCUT2D eigenvalue weighted by molar-refractivity contribution is 9.10. The fourth-order valence-corrected chi connectivity index (χ4v) is 6.99. The molecule has 4 fully saturated rings. The third-order valence-electron chi connectivity index (χ3n) is 7.89. The zero-order chi connectivity index (χ0) is 23.0. The van der Waals surface area contributed by atoms with E-state index in [0.717, 1.165) is 22.1 Å². The van der Waals surface area contributed by atoms with Gasteiger partial charge >= 0.3 is 0 Å². The fourth-order valence-electron chi connectivity index (χ4n) is 6.39. The van der Waals surface area contributed by atoms with Crippen LogP contribution in [0.1, 0.15) is 48.8 Å². The van der Waals surface area contributed by atoms with E-state index in [0.29, 0.717) is 49.1 Å². The molecule has 7 rings (SSSR count). The number of halogens is 2. The van der Waals surface area contributed by atoms with E-state index >= 15 is 0 Å². The van der Waals surface area contributed by atoms with Gasteiger partial charge in [-0.2, -0.15) is 0 Å². The van der Waals surface area contributed by atoms with Gasteiger partial charge in [-0.3, -0.25) is 0 Å². The largest absolute Gasteiger partial charge is 0.390 e. The quantitative estimate of drug-likeness (QED) is 0.401. The van der Waals surface area contributed by atoms with Crippen molar-refractivity contribution in [3.05, 3.63) is 52.4 Å². The van der Waals surface area contributed by atoms with Crippen LogP contribution >= 0.6 is 15.9 Å². The van der Waals surface area contributed by atoms with Crippen molar-refractivity contribution < 1.29 is 14.6 Å². The molecule has 0 saturated heterocycles. The fraction of sp³-hybridized carbons (Fsp3) is 0.500. The summed E-state index contributed by atoms with van der Waals surface area (Å²) in [5.41, 5.74) is 8.08. The average molecular weight is 516 g/mol. The molecule has 9 heteroatoms. The molecule has 4 aliphatic rings. The third kappa shape index (κ3) is 3.39. The molecule has 3 aromatic rings. The summed E-state index contributed by atoms with van der Waals surface area (Å²) >= 11 is 3.52. The molecule has 0 radical (unpaired) electrons. The zero-order valence-corrected chi connectivity index (χ0v) is 19.7. The molecule has 33 heavy (non-hydrogen) atoms. The number of hydrogen-bond donors (Lipinski definition) is 4. The molecule has 5 N–H and O–H groups in total. The van der Waals surface area contributed by atoms with E-state index in [1.807, 2.05) is 22.9 Å². The summed E-state index contributed by atoms with van der Waals surface area (Å²) in [5.74, 6) is 0.167. The van der Waals surface area contributed by atoms with Gasteiger partial charge in [0.05, 0.1) is 17.5 Å². The highest BCUT2D eigenvalue weighted by Crippen LogP contribution is 2.69. The summed E-state index contributed by atoms with van der Waals surface area (Å²) in [6, 6.07) is 7.81. The predicted octanol–water partition coefficient (Wildman–Crippen LogP) is 3.21. The van der Waals surface area contributed by atoms with Crippen LogP contribution in [-0.4, -0.2) is 49.2 Å². The van der Waals surface area contributed by atoms with E-state index in [1.54, 1.807) is 0 Å². The first-order chi connectivity index (χ1) is 15.8. The van der Waals surface area contributed by atoms with Crippen molar-refractivity contribution in [2.75, 3.05) is 12.3 Å². The van der Waals surface area contributed by atoms with Crippen LogP contribution in [0.5, 0.6) is 0 Å². The number of fused-ring (bicyclic) bond motifs is 1. The molecule has 4 aliphatic carbocycles. The van der Waals surface area contributed by atoms with E-state index in [9.17, 15) is 14.6 Å². The Balaban J connectivity index is 1.19. The number of nitrogens with one attached hydrogen (secondary N) is 1. The van der Waals surface area contributed by atoms with Crippen LogP contribution in [-0.2, 0) is 6.54 Å². The van der Waals surface area contributed by atoms with Gasteiger partial charge in [-0.15, -0.1) is 0 Å². The standard InChI is InChI=1S/C24H27BrFN5O2/c25-16-7-31(22-18(16)21(27)29-12-30-22)17-5-15(19(32)20(17)33)14-3-1-2-13(4-14)6-28-11-23-8-24(26,9-23)10-23/h1-4,7,12,15,17,19-20,28,32-33H,5-6,8-11H2,(H2,27,29,30)/t15-,17-,19-,20+,23?,24?/m1/s1. The Morgan fingerprint density at radius 1 is 1.21 bits per heavy atom. The number of rotatable bonds is 6. The van der Waals surface area contributed by atoms with Gasteiger partial charge in [-0.05, 0) is 58.2 Å². The van der Waals surface area contributed by atoms with Gasteiger partial charge in [0.1, 0.15) is 29.6 Å². The lowest BCUT2D eigenvalue weighted by Crippen LogP contribution is -2.67. The summed E-state index contributed by atoms with van der Waals surface area (Å²) in [7, 11) is 0. The summed E-state index contributed by atoms with van der Waals surface area (Å²) in [4.78, 5) is 8.42. The van der Waals surface area contributed by atoms with E-state index < -0.39 is 17.9 Å². The number of benzene rings is 1. The van der Waals surface area contributed by atoms with Crippen molar-refractivity contribution in [1.29, 1.82) is 0 Å². The number of alkyl halides is 1. The normalized spacial score (nSPS) is 34.9. The lowest BCUT2D eigenvalue weighted by atomic mass is 9.42. The number of aliphatic hydroxyl groups excluding tert-OH is 2. The molecule has 0 aliphatic heterocycles. The maximum atomic E-state index is 13.7. The van der Waals surface area contributed by atoms with Crippen molar-refractivity contribution in [2.24, 2.45) is 5.41 Å². The summed E-state index contributed by atoms with van der Waals surface area (Å²) < 4.78 is 16.4. The lowest BCUT2D eigenvalue weighted by molar-refractivity contribution is -0.209. The SMILES string of the molecule is Nc1ncnc2c1c(Br)cn2[C@@H]1C[C@H](c2cccc(CNCC34CC(F)(C3)C4)c2)[C@@H](O)[C@H]1O. The predicted molar refractivity (Wildman–Crippen MR) is 126 cm³/mol. The van der Waals surface area contributed by atoms with Crippen molar-refractivity contribution in [2.45, 2.75) is 62.1 Å². The minimum Gasteiger partial charge on any atom is -0.390 e. The van der Waals surface area contributed by atoms with Crippen LogP contribution in [0.4, 0.5) is 10.2 Å². The van der Waals surface area contributed by atoms with E-state index in [-0.39, 0.29) is 17.4 Å². The topological polar surface area (TPSA) is 109 Å². The first-order valence-electron chi connectivity index (χ1n) is 11.4. The number of aliphatic hydroxyl groups is 2. The molecule has 2 aromatic heterocycles. The number of nitrogen functional groups attached to an aromatic ring is 1. The van der Waals surface area contributed by atoms with Crippen molar-refractivity contribution in [3.63, 3.8) is 0 Å². The molecule has 0 spiro atoms. The molecule has 0 amide bonds. The number of hydrogen-bond acceptors (Lipinski definition) is 6. The van der Waals surface area contributed by atoms with Gasteiger partial charge in [-0.1, -0.05) is 24.3 Å². The molecule has 4 atom stereocenters. The molecule has 0 unspecified atom stereocenters. The highest BCUT2D eigenvalue weighted by Gasteiger charge is 2.68. The molecule has 174 valence electrons. The van der Waals surface area contributed by atoms with Gasteiger partial charge < -0.3 is 25.8 Å². The molecular formula is C24H27BrFN5O2. The molecule has 1 aromatic carbocycles. The average Bonchev–Trinajstić information content (AvgIpc) is 3.24. The second-order valence-corrected chi connectivity index (χ2v) is 11.1. The van der Waals surface area contributed by atoms with Gasteiger partial charge in [0.25, 0.3) is 0 Å². The van der Waals surface area contributed by atoms with Crippen molar-refractivity contribution in [1.82, 2.24) is 19.9 Å². The summed E-state index contributed by atoms with van der Waals surface area (Å²) in [5, 5.41) is 26.1. The van der Waals surface area contributed by atoms with Crippen LogP contribution in [0.2, 0.25) is 0 Å². The number of anilines is 1. The highest BCUT2D eigenvalue weighted by atomic mass is 79.9. The number of aromatic nitrogens is 3.